The zero-order chi connectivity index (χ0) is 20.5. The minimum Gasteiger partial charge on any atom is -0.389 e. The van der Waals surface area contributed by atoms with Crippen LogP contribution in [0.2, 0.25) is 0 Å². The largest absolute Gasteiger partial charge is 0.389 e. The van der Waals surface area contributed by atoms with Crippen molar-refractivity contribution in [3.63, 3.8) is 0 Å². The molecule has 2 fully saturated rings. The Morgan fingerprint density at radius 2 is 1.69 bits per heavy atom. The first-order valence-electron chi connectivity index (χ1n) is 10.1. The fourth-order valence-electron chi connectivity index (χ4n) is 4.06. The van der Waals surface area contributed by atoms with E-state index < -0.39 is 23.6 Å². The van der Waals surface area contributed by atoms with E-state index in [1.807, 2.05) is 0 Å². The number of hydrogen-bond acceptors (Lipinski definition) is 3. The van der Waals surface area contributed by atoms with Gasteiger partial charge >= 0.3 is 0 Å². The highest BCUT2D eigenvalue weighted by molar-refractivity contribution is 5.32. The van der Waals surface area contributed by atoms with Gasteiger partial charge in [0, 0.05) is 11.1 Å². The average Bonchev–Trinajstić information content (AvgIpc) is 3.54. The van der Waals surface area contributed by atoms with Crippen molar-refractivity contribution in [2.75, 3.05) is 6.61 Å². The lowest BCUT2D eigenvalue weighted by Crippen LogP contribution is -2.21. The Balaban J connectivity index is 1.32. The molecule has 3 nitrogen and oxygen atoms in total. The lowest BCUT2D eigenvalue weighted by atomic mass is 9.82. The molecule has 1 N–H and O–H groups in total. The highest BCUT2D eigenvalue weighted by Crippen LogP contribution is 2.39. The molecule has 1 saturated heterocycles. The van der Waals surface area contributed by atoms with Crippen LogP contribution in [0.1, 0.15) is 73.0 Å². The topological polar surface area (TPSA) is 42.0 Å². The van der Waals surface area contributed by atoms with Gasteiger partial charge in [0.15, 0.2) is 11.6 Å². The highest BCUT2D eigenvalue weighted by atomic mass is 19.2. The molecule has 0 spiro atoms. The summed E-state index contributed by atoms with van der Waals surface area (Å²) in [6, 6.07) is 7.96. The van der Waals surface area contributed by atoms with Crippen LogP contribution in [-0.4, -0.2) is 17.8 Å². The van der Waals surface area contributed by atoms with Gasteiger partial charge in [-0.1, -0.05) is 24.3 Å². The van der Waals surface area contributed by atoms with Crippen molar-refractivity contribution < 1.29 is 27.8 Å². The third-order valence-corrected chi connectivity index (χ3v) is 5.97. The number of rotatable bonds is 6. The SMILES string of the molecule is CC(O)c1ccc(COC2CCC(c3ccc(C4CO4)c(F)c3F)CC2)c(F)c1. The number of halogens is 3. The van der Waals surface area contributed by atoms with Crippen LogP contribution in [0, 0.1) is 17.5 Å². The van der Waals surface area contributed by atoms with Gasteiger partial charge in [-0.2, -0.15) is 0 Å². The molecule has 1 aliphatic heterocycles. The molecule has 4 rings (SSSR count). The van der Waals surface area contributed by atoms with Crippen LogP contribution in [0.15, 0.2) is 30.3 Å². The Morgan fingerprint density at radius 3 is 2.31 bits per heavy atom. The highest BCUT2D eigenvalue weighted by Gasteiger charge is 2.32. The molecule has 0 aromatic heterocycles. The van der Waals surface area contributed by atoms with Crippen LogP contribution in [0.3, 0.4) is 0 Å². The van der Waals surface area contributed by atoms with Gasteiger partial charge in [-0.3, -0.25) is 0 Å². The van der Waals surface area contributed by atoms with E-state index in [0.29, 0.717) is 54.5 Å². The molecule has 2 aliphatic rings. The van der Waals surface area contributed by atoms with E-state index in [1.54, 1.807) is 31.2 Å². The predicted octanol–water partition coefficient (Wildman–Crippen LogP) is 5.47. The monoisotopic (exact) mass is 406 g/mol. The fourth-order valence-corrected chi connectivity index (χ4v) is 4.06. The van der Waals surface area contributed by atoms with Gasteiger partial charge in [0.1, 0.15) is 11.9 Å². The molecular weight excluding hydrogens is 381 g/mol. The van der Waals surface area contributed by atoms with Gasteiger partial charge in [-0.25, -0.2) is 13.2 Å². The van der Waals surface area contributed by atoms with Crippen LogP contribution in [0.5, 0.6) is 0 Å². The Labute approximate surface area is 168 Å². The van der Waals surface area contributed by atoms with Crippen molar-refractivity contribution in [2.45, 2.75) is 63.4 Å². The summed E-state index contributed by atoms with van der Waals surface area (Å²) in [5.41, 5.74) is 1.69. The first kappa shape index (κ1) is 20.4. The first-order chi connectivity index (χ1) is 13.9. The molecule has 29 heavy (non-hydrogen) atoms. The summed E-state index contributed by atoms with van der Waals surface area (Å²) in [5.74, 6) is -1.99. The maximum absolute atomic E-state index is 14.5. The third-order valence-electron chi connectivity index (χ3n) is 5.97. The lowest BCUT2D eigenvalue weighted by Gasteiger charge is -2.29. The molecule has 1 heterocycles. The summed E-state index contributed by atoms with van der Waals surface area (Å²) < 4.78 is 53.9. The zero-order valence-corrected chi connectivity index (χ0v) is 16.3. The summed E-state index contributed by atoms with van der Waals surface area (Å²) in [4.78, 5) is 0. The van der Waals surface area contributed by atoms with Gasteiger partial charge in [0.25, 0.3) is 0 Å². The number of aliphatic hydroxyl groups is 1. The molecule has 2 aromatic carbocycles. The van der Waals surface area contributed by atoms with Gasteiger partial charge in [-0.15, -0.1) is 0 Å². The van der Waals surface area contributed by atoms with Crippen LogP contribution in [0.25, 0.3) is 0 Å². The van der Waals surface area contributed by atoms with Crippen LogP contribution >= 0.6 is 0 Å². The van der Waals surface area contributed by atoms with Crippen molar-refractivity contribution in [2.24, 2.45) is 0 Å². The van der Waals surface area contributed by atoms with E-state index >= 15 is 0 Å². The standard InChI is InChI=1S/C23H25F3O3/c1-13(27)15-2-3-16(20(24)10-15)11-28-17-6-4-14(5-7-17)18-8-9-19(21-12-29-21)23(26)22(18)25/h2-3,8-10,13-14,17,21,27H,4-7,11-12H2,1H3. The lowest BCUT2D eigenvalue weighted by molar-refractivity contribution is 0.0118. The number of epoxide rings is 1. The summed E-state index contributed by atoms with van der Waals surface area (Å²) >= 11 is 0. The Hall–Kier alpha value is -1.89. The van der Waals surface area contributed by atoms with E-state index in [0.717, 1.165) is 0 Å². The zero-order valence-electron chi connectivity index (χ0n) is 16.3. The second-order valence-electron chi connectivity index (χ2n) is 8.01. The van der Waals surface area contributed by atoms with E-state index in [1.165, 1.54) is 6.07 Å². The number of hydrogen-bond donors (Lipinski definition) is 1. The van der Waals surface area contributed by atoms with Gasteiger partial charge in [0.05, 0.1) is 25.4 Å². The molecule has 2 atom stereocenters. The third kappa shape index (κ3) is 4.49. The first-order valence-corrected chi connectivity index (χ1v) is 10.1. The quantitative estimate of drug-likeness (QED) is 0.647. The van der Waals surface area contributed by atoms with Gasteiger partial charge in [-0.05, 0) is 55.7 Å². The number of benzene rings is 2. The predicted molar refractivity (Wildman–Crippen MR) is 102 cm³/mol. The van der Waals surface area contributed by atoms with Crippen molar-refractivity contribution >= 4 is 0 Å². The molecule has 2 unspecified atom stereocenters. The second kappa shape index (κ2) is 8.46. The Kier molecular flexibility index (Phi) is 5.95. The molecule has 1 saturated carbocycles. The second-order valence-corrected chi connectivity index (χ2v) is 8.01. The van der Waals surface area contributed by atoms with Gasteiger partial charge in [0.2, 0.25) is 0 Å². The Bertz CT molecular complexity index is 872. The van der Waals surface area contributed by atoms with E-state index in [-0.39, 0.29) is 24.7 Å². The number of aliphatic hydroxyl groups excluding tert-OH is 1. The van der Waals surface area contributed by atoms with E-state index in [2.05, 4.69) is 0 Å². The summed E-state index contributed by atoms with van der Waals surface area (Å²) in [6.45, 7) is 2.19. The normalized spacial score (nSPS) is 25.1. The molecule has 0 radical (unpaired) electrons. The van der Waals surface area contributed by atoms with E-state index in [4.69, 9.17) is 9.47 Å². The van der Waals surface area contributed by atoms with Crippen LogP contribution in [0.4, 0.5) is 13.2 Å². The minimum atomic E-state index is -0.792. The van der Waals surface area contributed by atoms with Gasteiger partial charge < -0.3 is 14.6 Å². The van der Waals surface area contributed by atoms with Crippen molar-refractivity contribution in [1.82, 2.24) is 0 Å². The maximum atomic E-state index is 14.5. The Morgan fingerprint density at radius 1 is 1.03 bits per heavy atom. The summed E-state index contributed by atoms with van der Waals surface area (Å²) in [6.07, 6.45) is 1.77. The summed E-state index contributed by atoms with van der Waals surface area (Å²) in [5, 5.41) is 9.52. The molecule has 6 heteroatoms. The molecule has 0 bridgehead atoms. The maximum Gasteiger partial charge on any atom is 0.165 e. The molecule has 156 valence electrons. The average molecular weight is 406 g/mol. The summed E-state index contributed by atoms with van der Waals surface area (Å²) in [7, 11) is 0. The van der Waals surface area contributed by atoms with Crippen molar-refractivity contribution in [1.29, 1.82) is 0 Å². The van der Waals surface area contributed by atoms with Crippen molar-refractivity contribution in [3.8, 4) is 0 Å². The molecular formula is C23H25F3O3. The molecule has 2 aromatic rings. The number of ether oxygens (including phenoxy) is 2. The van der Waals surface area contributed by atoms with E-state index in [9.17, 15) is 18.3 Å². The molecule has 1 aliphatic carbocycles. The minimum absolute atomic E-state index is 0.0332. The molecule has 0 amide bonds. The van der Waals surface area contributed by atoms with Crippen LogP contribution < -0.4 is 0 Å². The smallest absolute Gasteiger partial charge is 0.165 e. The van der Waals surface area contributed by atoms with Crippen LogP contribution in [-0.2, 0) is 16.1 Å². The van der Waals surface area contributed by atoms with Crippen molar-refractivity contribution in [3.05, 3.63) is 70.0 Å². The fraction of sp³-hybridized carbons (Fsp3) is 0.478.